The Labute approximate surface area is 153 Å². The van der Waals surface area contributed by atoms with Crippen molar-refractivity contribution in [2.24, 2.45) is 5.92 Å². The van der Waals surface area contributed by atoms with Gasteiger partial charge in [0, 0.05) is 49.6 Å². The fraction of sp³-hybridized carbons (Fsp3) is 0.400. The van der Waals surface area contributed by atoms with Gasteiger partial charge in [0.25, 0.3) is 0 Å². The number of aliphatic hydroxyl groups excluding tert-OH is 1. The summed E-state index contributed by atoms with van der Waals surface area (Å²) in [5.41, 5.74) is 3.62. The molecule has 6 nitrogen and oxygen atoms in total. The van der Waals surface area contributed by atoms with Gasteiger partial charge in [-0.15, -0.1) is 0 Å². The molecule has 0 radical (unpaired) electrons. The number of benzene rings is 1. The minimum Gasteiger partial charge on any atom is -0.391 e. The van der Waals surface area contributed by atoms with Gasteiger partial charge in [-0.25, -0.2) is 4.98 Å². The molecule has 4 rings (SSSR count). The molecular formula is C20H25N5O. The van der Waals surface area contributed by atoms with Crippen LogP contribution in [0.2, 0.25) is 0 Å². The van der Waals surface area contributed by atoms with E-state index in [1.807, 2.05) is 27.7 Å². The first-order valence-electron chi connectivity index (χ1n) is 9.16. The van der Waals surface area contributed by atoms with Crippen LogP contribution in [0.15, 0.2) is 55.4 Å². The fourth-order valence-electron chi connectivity index (χ4n) is 3.85. The first-order chi connectivity index (χ1) is 12.7. The van der Waals surface area contributed by atoms with Crippen LogP contribution in [0.4, 0.5) is 0 Å². The summed E-state index contributed by atoms with van der Waals surface area (Å²) in [5.74, 6) is 0.465. The Morgan fingerprint density at radius 2 is 2.15 bits per heavy atom. The molecule has 0 aliphatic heterocycles. The third kappa shape index (κ3) is 3.71. The van der Waals surface area contributed by atoms with Crippen LogP contribution in [-0.4, -0.2) is 36.6 Å². The molecule has 0 spiro atoms. The normalized spacial score (nSPS) is 22.8. The van der Waals surface area contributed by atoms with Gasteiger partial charge in [-0.1, -0.05) is 6.07 Å². The second-order valence-corrected chi connectivity index (χ2v) is 7.20. The van der Waals surface area contributed by atoms with Crippen LogP contribution in [0.25, 0.3) is 5.69 Å². The Bertz CT molecular complexity index is 828. The summed E-state index contributed by atoms with van der Waals surface area (Å²) in [6, 6.07) is 8.52. The average molecular weight is 351 g/mol. The van der Waals surface area contributed by atoms with Crippen LogP contribution >= 0.6 is 0 Å². The van der Waals surface area contributed by atoms with Gasteiger partial charge >= 0.3 is 0 Å². The molecule has 2 N–H and O–H groups in total. The molecule has 1 aliphatic rings. The van der Waals surface area contributed by atoms with Gasteiger partial charge in [-0.3, -0.25) is 4.68 Å². The second kappa shape index (κ2) is 7.43. The third-order valence-corrected chi connectivity index (χ3v) is 5.31. The molecule has 0 amide bonds. The molecule has 0 bridgehead atoms. The van der Waals surface area contributed by atoms with E-state index in [0.717, 1.165) is 31.6 Å². The lowest BCUT2D eigenvalue weighted by molar-refractivity contribution is 0.145. The summed E-state index contributed by atoms with van der Waals surface area (Å²) in [6.07, 6.45) is 10.8. The zero-order valence-electron chi connectivity index (χ0n) is 15.0. The van der Waals surface area contributed by atoms with Crippen molar-refractivity contribution in [1.82, 2.24) is 24.6 Å². The third-order valence-electron chi connectivity index (χ3n) is 5.31. The quantitative estimate of drug-likeness (QED) is 0.715. The summed E-state index contributed by atoms with van der Waals surface area (Å²) in [6.45, 7) is 3.77. The number of hydrogen-bond donors (Lipinski definition) is 2. The van der Waals surface area contributed by atoms with Crippen molar-refractivity contribution in [2.75, 3.05) is 0 Å². The van der Waals surface area contributed by atoms with Crippen LogP contribution in [0.1, 0.15) is 24.0 Å². The maximum absolute atomic E-state index is 10.4. The smallest absolute Gasteiger partial charge is 0.0991 e. The minimum atomic E-state index is -0.291. The number of rotatable bonds is 6. The molecule has 0 saturated heterocycles. The van der Waals surface area contributed by atoms with E-state index < -0.39 is 0 Å². The van der Waals surface area contributed by atoms with Crippen molar-refractivity contribution in [3.05, 3.63) is 66.5 Å². The second-order valence-electron chi connectivity index (χ2n) is 7.20. The number of aromatic nitrogens is 4. The molecule has 1 aliphatic carbocycles. The lowest BCUT2D eigenvalue weighted by Crippen LogP contribution is -2.35. The summed E-state index contributed by atoms with van der Waals surface area (Å²) >= 11 is 0. The van der Waals surface area contributed by atoms with Gasteiger partial charge < -0.3 is 15.0 Å². The number of aliphatic hydroxyl groups is 1. The first-order valence-corrected chi connectivity index (χ1v) is 9.16. The van der Waals surface area contributed by atoms with Gasteiger partial charge in [0.15, 0.2) is 0 Å². The molecule has 3 aromatic rings. The lowest BCUT2D eigenvalue weighted by Gasteiger charge is -2.18. The standard InChI is InChI=1S/C20H25N5O/c1-15-9-18(24-8-6-21-14-24)4-3-17(15)12-22-19-10-16(11-20(19)26)13-25-7-2-5-23-25/h2-9,14,16,19-20,22,26H,10-13H2,1H3/t16?,19-,20-/m1/s1. The van der Waals surface area contributed by atoms with E-state index in [4.69, 9.17) is 0 Å². The fourth-order valence-corrected chi connectivity index (χ4v) is 3.85. The Balaban J connectivity index is 1.35. The lowest BCUT2D eigenvalue weighted by atomic mass is 10.1. The highest BCUT2D eigenvalue weighted by Gasteiger charge is 2.32. The average Bonchev–Trinajstić information content (AvgIpc) is 3.37. The largest absolute Gasteiger partial charge is 0.391 e. The van der Waals surface area contributed by atoms with Crippen molar-refractivity contribution < 1.29 is 5.11 Å². The van der Waals surface area contributed by atoms with E-state index in [9.17, 15) is 5.11 Å². The molecule has 136 valence electrons. The number of nitrogens with zero attached hydrogens (tertiary/aromatic N) is 4. The monoisotopic (exact) mass is 351 g/mol. The van der Waals surface area contributed by atoms with Gasteiger partial charge in [0.05, 0.1) is 12.4 Å². The zero-order chi connectivity index (χ0) is 17.9. The Morgan fingerprint density at radius 1 is 1.23 bits per heavy atom. The van der Waals surface area contributed by atoms with Gasteiger partial charge in [-0.05, 0) is 55.0 Å². The number of aryl methyl sites for hydroxylation is 1. The highest BCUT2D eigenvalue weighted by atomic mass is 16.3. The van der Waals surface area contributed by atoms with Gasteiger partial charge in [0.1, 0.15) is 0 Å². The maximum atomic E-state index is 10.4. The van der Waals surface area contributed by atoms with Gasteiger partial charge in [0.2, 0.25) is 0 Å². The Kier molecular flexibility index (Phi) is 4.86. The molecule has 26 heavy (non-hydrogen) atoms. The number of imidazole rings is 1. The molecule has 1 saturated carbocycles. The molecule has 1 fully saturated rings. The maximum Gasteiger partial charge on any atom is 0.0991 e. The minimum absolute atomic E-state index is 0.142. The summed E-state index contributed by atoms with van der Waals surface area (Å²) < 4.78 is 3.96. The molecule has 1 unspecified atom stereocenters. The van der Waals surface area contributed by atoms with Crippen LogP contribution in [0, 0.1) is 12.8 Å². The molecule has 2 heterocycles. The molecule has 1 aromatic carbocycles. The zero-order valence-corrected chi connectivity index (χ0v) is 15.0. The van der Waals surface area contributed by atoms with Crippen LogP contribution < -0.4 is 5.32 Å². The van der Waals surface area contributed by atoms with E-state index in [-0.39, 0.29) is 12.1 Å². The van der Waals surface area contributed by atoms with E-state index in [2.05, 4.69) is 40.5 Å². The van der Waals surface area contributed by atoms with Crippen molar-refractivity contribution in [3.63, 3.8) is 0 Å². The van der Waals surface area contributed by atoms with Crippen molar-refractivity contribution in [1.29, 1.82) is 0 Å². The van der Waals surface area contributed by atoms with E-state index in [1.165, 1.54) is 11.1 Å². The summed E-state index contributed by atoms with van der Waals surface area (Å²) in [5, 5.41) is 18.2. The summed E-state index contributed by atoms with van der Waals surface area (Å²) in [4.78, 5) is 4.10. The predicted octanol–water partition coefficient (Wildman–Crippen LogP) is 2.31. The molecular weight excluding hydrogens is 326 g/mol. The van der Waals surface area contributed by atoms with Crippen molar-refractivity contribution in [2.45, 2.75) is 45.0 Å². The Morgan fingerprint density at radius 3 is 2.88 bits per heavy atom. The molecule has 6 heteroatoms. The van der Waals surface area contributed by atoms with Crippen molar-refractivity contribution >= 4 is 0 Å². The predicted molar refractivity (Wildman–Crippen MR) is 99.9 cm³/mol. The van der Waals surface area contributed by atoms with E-state index >= 15 is 0 Å². The van der Waals surface area contributed by atoms with Gasteiger partial charge in [-0.2, -0.15) is 5.10 Å². The van der Waals surface area contributed by atoms with E-state index in [0.29, 0.717) is 5.92 Å². The molecule has 2 aromatic heterocycles. The number of hydrogen-bond acceptors (Lipinski definition) is 4. The van der Waals surface area contributed by atoms with Crippen LogP contribution in [0.5, 0.6) is 0 Å². The number of nitrogens with one attached hydrogen (secondary N) is 1. The summed E-state index contributed by atoms with van der Waals surface area (Å²) in [7, 11) is 0. The highest BCUT2D eigenvalue weighted by Crippen LogP contribution is 2.28. The van der Waals surface area contributed by atoms with Crippen LogP contribution in [-0.2, 0) is 13.1 Å². The molecule has 3 atom stereocenters. The highest BCUT2D eigenvalue weighted by molar-refractivity contribution is 5.40. The Hall–Kier alpha value is -2.44. The van der Waals surface area contributed by atoms with E-state index in [1.54, 1.807) is 18.7 Å². The SMILES string of the molecule is Cc1cc(-n2ccnc2)ccc1CN[C@@H]1CC(Cn2cccn2)C[C@H]1O. The van der Waals surface area contributed by atoms with Crippen molar-refractivity contribution in [3.8, 4) is 5.69 Å². The van der Waals surface area contributed by atoms with Crippen LogP contribution in [0.3, 0.4) is 0 Å². The first kappa shape index (κ1) is 17.0. The topological polar surface area (TPSA) is 67.9 Å².